The van der Waals surface area contributed by atoms with Gasteiger partial charge in [-0.15, -0.1) is 0 Å². The number of carbonyl (C=O) groups excluding carboxylic acids is 2. The molecule has 1 aromatic heterocycles. The number of hydrogen-bond donors (Lipinski definition) is 1. The lowest BCUT2D eigenvalue weighted by atomic mass is 10.2. The van der Waals surface area contributed by atoms with Crippen LogP contribution < -0.4 is 10.2 Å². The minimum absolute atomic E-state index is 0.00481. The summed E-state index contributed by atoms with van der Waals surface area (Å²) in [4.78, 5) is 31.1. The number of hydrogen-bond acceptors (Lipinski definition) is 4. The first-order valence-corrected chi connectivity index (χ1v) is 5.95. The molecule has 0 spiro atoms. The Balaban J connectivity index is 2.18. The summed E-state index contributed by atoms with van der Waals surface area (Å²) in [6.07, 6.45) is 4.83. The minimum Gasteiger partial charge on any atom is -0.321 e. The third-order valence-corrected chi connectivity index (χ3v) is 2.62. The molecule has 1 aliphatic rings. The summed E-state index contributed by atoms with van der Waals surface area (Å²) in [5, 5.41) is 2.69. The highest BCUT2D eigenvalue weighted by atomic mass is 16.2. The summed E-state index contributed by atoms with van der Waals surface area (Å²) >= 11 is 0. The molecule has 0 unspecified atom stereocenters. The van der Waals surface area contributed by atoms with Crippen molar-refractivity contribution in [2.45, 2.75) is 0 Å². The van der Waals surface area contributed by atoms with Crippen LogP contribution in [0.25, 0.3) is 0 Å². The molecule has 0 radical (unpaired) electrons. The molecule has 100 valence electrons. The van der Waals surface area contributed by atoms with Crippen molar-refractivity contribution in [3.8, 4) is 0 Å². The smallest absolute Gasteiger partial charge is 0.252 e. The summed E-state index contributed by atoms with van der Waals surface area (Å²) < 4.78 is 0. The third kappa shape index (κ3) is 3.17. The number of fused-ring (bicyclic) bond motifs is 1. The fourth-order valence-electron chi connectivity index (χ4n) is 1.75. The molecule has 0 saturated heterocycles. The SMILES string of the molecule is CN(C)C/C=C/C(=O)N1CC(=O)Nc2cccnc21. The standard InChI is InChI=1S/C13H16N4O2/c1-16(2)8-4-6-12(19)17-9-11(18)15-10-5-3-7-14-13(10)17/h3-7H,8-9H2,1-2H3,(H,15,18)/b6-4+. The molecule has 2 amide bonds. The quantitative estimate of drug-likeness (QED) is 0.803. The van der Waals surface area contributed by atoms with E-state index in [0.717, 1.165) is 0 Å². The molecule has 0 aliphatic carbocycles. The number of amides is 2. The zero-order valence-electron chi connectivity index (χ0n) is 11.0. The Morgan fingerprint density at radius 1 is 1.58 bits per heavy atom. The fourth-order valence-corrected chi connectivity index (χ4v) is 1.75. The molecule has 1 aliphatic heterocycles. The molecular formula is C13H16N4O2. The van der Waals surface area contributed by atoms with Crippen LogP contribution in [-0.2, 0) is 9.59 Å². The molecule has 1 N–H and O–H groups in total. The number of rotatable bonds is 3. The molecule has 0 fully saturated rings. The number of nitrogens with one attached hydrogen (secondary N) is 1. The van der Waals surface area contributed by atoms with Crippen molar-refractivity contribution in [2.75, 3.05) is 37.4 Å². The van der Waals surface area contributed by atoms with Crippen LogP contribution in [0.3, 0.4) is 0 Å². The molecule has 0 atom stereocenters. The summed E-state index contributed by atoms with van der Waals surface area (Å²) in [5.74, 6) is 0.0353. The van der Waals surface area contributed by atoms with Crippen LogP contribution in [0.5, 0.6) is 0 Å². The van der Waals surface area contributed by atoms with Crippen LogP contribution in [0.15, 0.2) is 30.5 Å². The number of carbonyl (C=O) groups is 2. The van der Waals surface area contributed by atoms with Gasteiger partial charge < -0.3 is 10.2 Å². The van der Waals surface area contributed by atoms with E-state index in [1.807, 2.05) is 19.0 Å². The predicted molar refractivity (Wildman–Crippen MR) is 72.9 cm³/mol. The molecule has 0 bridgehead atoms. The lowest BCUT2D eigenvalue weighted by Crippen LogP contribution is -2.42. The Morgan fingerprint density at radius 3 is 3.11 bits per heavy atom. The molecule has 6 heteroatoms. The summed E-state index contributed by atoms with van der Waals surface area (Å²) in [5.41, 5.74) is 0.563. The molecule has 2 rings (SSSR count). The molecule has 0 aromatic carbocycles. The van der Waals surface area contributed by atoms with Gasteiger partial charge in [-0.25, -0.2) is 4.98 Å². The molecule has 19 heavy (non-hydrogen) atoms. The van der Waals surface area contributed by atoms with E-state index in [-0.39, 0.29) is 18.4 Å². The molecule has 6 nitrogen and oxygen atoms in total. The van der Waals surface area contributed by atoms with E-state index in [1.54, 1.807) is 24.4 Å². The number of aromatic nitrogens is 1. The second-order valence-corrected chi connectivity index (χ2v) is 4.51. The second-order valence-electron chi connectivity index (χ2n) is 4.51. The minimum atomic E-state index is -0.239. The van der Waals surface area contributed by atoms with Crippen molar-refractivity contribution in [1.29, 1.82) is 0 Å². The molecular weight excluding hydrogens is 244 g/mol. The van der Waals surface area contributed by atoms with Crippen LogP contribution in [0, 0.1) is 0 Å². The molecule has 2 heterocycles. The average Bonchev–Trinajstić information content (AvgIpc) is 2.37. The maximum absolute atomic E-state index is 12.1. The molecule has 0 saturated carbocycles. The number of likely N-dealkylation sites (N-methyl/N-ethyl adjacent to an activating group) is 1. The van der Waals surface area contributed by atoms with Gasteiger partial charge in [0.05, 0.1) is 5.69 Å². The van der Waals surface area contributed by atoms with Gasteiger partial charge >= 0.3 is 0 Å². The normalized spacial score (nSPS) is 14.7. The Bertz CT molecular complexity index is 525. The van der Waals surface area contributed by atoms with E-state index in [2.05, 4.69) is 10.3 Å². The summed E-state index contributed by atoms with van der Waals surface area (Å²) in [6.45, 7) is 0.663. The van der Waals surface area contributed by atoms with Crippen molar-refractivity contribution in [3.63, 3.8) is 0 Å². The average molecular weight is 260 g/mol. The first kappa shape index (κ1) is 13.2. The van der Waals surface area contributed by atoms with Gasteiger partial charge in [-0.05, 0) is 26.2 Å². The number of pyridine rings is 1. The maximum atomic E-state index is 12.1. The van der Waals surface area contributed by atoms with Crippen LogP contribution in [-0.4, -0.2) is 48.9 Å². The van der Waals surface area contributed by atoms with Gasteiger partial charge in [0, 0.05) is 18.8 Å². The Kier molecular flexibility index (Phi) is 3.91. The van der Waals surface area contributed by atoms with E-state index in [1.165, 1.54) is 11.0 Å². The van der Waals surface area contributed by atoms with Gasteiger partial charge in [-0.3, -0.25) is 14.5 Å². The monoisotopic (exact) mass is 260 g/mol. The van der Waals surface area contributed by atoms with E-state index < -0.39 is 0 Å². The topological polar surface area (TPSA) is 65.5 Å². The highest BCUT2D eigenvalue weighted by molar-refractivity contribution is 6.12. The van der Waals surface area contributed by atoms with Crippen molar-refractivity contribution in [3.05, 3.63) is 30.5 Å². The largest absolute Gasteiger partial charge is 0.321 e. The van der Waals surface area contributed by atoms with Crippen LogP contribution in [0.4, 0.5) is 11.5 Å². The van der Waals surface area contributed by atoms with Crippen molar-refractivity contribution in [2.24, 2.45) is 0 Å². The van der Waals surface area contributed by atoms with Gasteiger partial charge in [0.25, 0.3) is 5.91 Å². The zero-order valence-corrected chi connectivity index (χ0v) is 11.0. The Morgan fingerprint density at radius 2 is 2.37 bits per heavy atom. The van der Waals surface area contributed by atoms with E-state index in [9.17, 15) is 9.59 Å². The first-order valence-electron chi connectivity index (χ1n) is 5.95. The Labute approximate surface area is 111 Å². The van der Waals surface area contributed by atoms with Crippen LogP contribution >= 0.6 is 0 Å². The summed E-state index contributed by atoms with van der Waals surface area (Å²) in [7, 11) is 3.83. The van der Waals surface area contributed by atoms with Crippen LogP contribution in [0.2, 0.25) is 0 Å². The van der Waals surface area contributed by atoms with Gasteiger partial charge in [0.1, 0.15) is 6.54 Å². The van der Waals surface area contributed by atoms with E-state index in [0.29, 0.717) is 18.1 Å². The maximum Gasteiger partial charge on any atom is 0.252 e. The van der Waals surface area contributed by atoms with Crippen molar-refractivity contribution < 1.29 is 9.59 Å². The van der Waals surface area contributed by atoms with Crippen molar-refractivity contribution >= 4 is 23.3 Å². The van der Waals surface area contributed by atoms with Crippen molar-refractivity contribution in [1.82, 2.24) is 9.88 Å². The second kappa shape index (κ2) is 5.62. The van der Waals surface area contributed by atoms with Gasteiger partial charge in [0.2, 0.25) is 5.91 Å². The van der Waals surface area contributed by atoms with Crippen LogP contribution in [0.1, 0.15) is 0 Å². The number of anilines is 2. The third-order valence-electron chi connectivity index (χ3n) is 2.62. The highest BCUT2D eigenvalue weighted by Crippen LogP contribution is 2.26. The summed E-state index contributed by atoms with van der Waals surface area (Å²) in [6, 6.07) is 3.44. The van der Waals surface area contributed by atoms with E-state index >= 15 is 0 Å². The van der Waals surface area contributed by atoms with Gasteiger partial charge in [-0.1, -0.05) is 6.08 Å². The van der Waals surface area contributed by atoms with Gasteiger partial charge in [0.15, 0.2) is 5.82 Å². The number of nitrogens with zero attached hydrogens (tertiary/aromatic N) is 3. The Hall–Kier alpha value is -2.21. The lowest BCUT2D eigenvalue weighted by molar-refractivity contribution is -0.119. The zero-order chi connectivity index (χ0) is 13.8. The predicted octanol–water partition coefficient (Wildman–Crippen LogP) is 0.484. The molecule has 1 aromatic rings. The van der Waals surface area contributed by atoms with Gasteiger partial charge in [-0.2, -0.15) is 0 Å². The fraction of sp³-hybridized carbons (Fsp3) is 0.308. The lowest BCUT2D eigenvalue weighted by Gasteiger charge is -2.26. The highest BCUT2D eigenvalue weighted by Gasteiger charge is 2.26. The van der Waals surface area contributed by atoms with E-state index in [4.69, 9.17) is 0 Å². The first-order chi connectivity index (χ1) is 9.08.